The number of carbonyl (C=O) groups excluding carboxylic acids is 2. The molecule has 0 bridgehead atoms. The molecule has 0 atom stereocenters. The van der Waals surface area contributed by atoms with Crippen molar-refractivity contribution in [2.75, 3.05) is 44.2 Å². The highest BCUT2D eigenvalue weighted by Crippen LogP contribution is 2.21. The second kappa shape index (κ2) is 8.44. The van der Waals surface area contributed by atoms with Crippen molar-refractivity contribution in [2.45, 2.75) is 19.8 Å². The number of aromatic nitrogens is 1. The molecule has 2 amide bonds. The zero-order valence-electron chi connectivity index (χ0n) is 17.6. The van der Waals surface area contributed by atoms with Crippen LogP contribution in [0.3, 0.4) is 0 Å². The Bertz CT molecular complexity index is 1010. The van der Waals surface area contributed by atoms with Crippen molar-refractivity contribution in [1.29, 1.82) is 0 Å². The predicted molar refractivity (Wildman–Crippen MR) is 116 cm³/mol. The Morgan fingerprint density at radius 1 is 0.867 bits per heavy atom. The Labute approximate surface area is 176 Å². The van der Waals surface area contributed by atoms with Crippen molar-refractivity contribution >= 4 is 17.5 Å². The van der Waals surface area contributed by atoms with Gasteiger partial charge in [-0.05, 0) is 44.5 Å². The number of imide groups is 1. The lowest BCUT2D eigenvalue weighted by Crippen LogP contribution is -2.46. The summed E-state index contributed by atoms with van der Waals surface area (Å²) in [6.07, 6.45) is 1.65. The van der Waals surface area contributed by atoms with E-state index < -0.39 is 5.91 Å². The van der Waals surface area contributed by atoms with E-state index in [1.807, 2.05) is 6.07 Å². The van der Waals surface area contributed by atoms with Crippen molar-refractivity contribution in [1.82, 2.24) is 14.4 Å². The van der Waals surface area contributed by atoms with E-state index in [2.05, 4.69) is 34.1 Å². The van der Waals surface area contributed by atoms with Gasteiger partial charge in [-0.1, -0.05) is 18.2 Å². The van der Waals surface area contributed by atoms with Crippen LogP contribution in [0.4, 0.5) is 5.69 Å². The number of piperazine rings is 1. The first-order valence-electron chi connectivity index (χ1n) is 10.6. The van der Waals surface area contributed by atoms with Gasteiger partial charge < -0.3 is 9.47 Å². The van der Waals surface area contributed by atoms with Crippen LogP contribution in [0, 0.1) is 6.92 Å². The van der Waals surface area contributed by atoms with E-state index in [0.29, 0.717) is 12.2 Å². The lowest BCUT2D eigenvalue weighted by Gasteiger charge is -2.36. The molecule has 2 aromatic rings. The molecule has 7 heteroatoms. The topological polar surface area (TPSA) is 65.9 Å². The van der Waals surface area contributed by atoms with Crippen molar-refractivity contribution < 1.29 is 9.59 Å². The van der Waals surface area contributed by atoms with Crippen LogP contribution in [0.5, 0.6) is 0 Å². The third kappa shape index (κ3) is 3.77. The lowest BCUT2D eigenvalue weighted by atomic mass is 10.1. The van der Waals surface area contributed by atoms with Crippen LogP contribution in [0.15, 0.2) is 41.2 Å². The first-order valence-corrected chi connectivity index (χ1v) is 10.6. The molecule has 7 nitrogen and oxygen atoms in total. The molecule has 0 aliphatic carbocycles. The maximum absolute atomic E-state index is 12.6. The summed E-state index contributed by atoms with van der Waals surface area (Å²) in [7, 11) is 1.62. The number of nitrogens with zero attached hydrogens (tertiary/aromatic N) is 4. The van der Waals surface area contributed by atoms with Crippen LogP contribution in [-0.2, 0) is 7.05 Å². The highest BCUT2D eigenvalue weighted by molar-refractivity contribution is 6.21. The fraction of sp³-hybridized carbons (Fsp3) is 0.435. The first-order chi connectivity index (χ1) is 14.5. The van der Waals surface area contributed by atoms with E-state index in [9.17, 15) is 14.4 Å². The van der Waals surface area contributed by atoms with E-state index in [0.717, 1.165) is 45.6 Å². The van der Waals surface area contributed by atoms with Crippen LogP contribution in [0.25, 0.3) is 0 Å². The van der Waals surface area contributed by atoms with E-state index in [1.165, 1.54) is 15.2 Å². The summed E-state index contributed by atoms with van der Waals surface area (Å²) >= 11 is 0. The smallest absolute Gasteiger partial charge is 0.267 e. The molecular formula is C23H28N4O3. The lowest BCUT2D eigenvalue weighted by molar-refractivity contribution is 0.0649. The average Bonchev–Trinajstić information content (AvgIpc) is 3.00. The summed E-state index contributed by atoms with van der Waals surface area (Å²) in [6.45, 7) is 7.11. The van der Waals surface area contributed by atoms with Gasteiger partial charge in [-0.25, -0.2) is 0 Å². The van der Waals surface area contributed by atoms with Crippen molar-refractivity contribution in [3.05, 3.63) is 63.6 Å². The minimum Gasteiger partial charge on any atom is -0.369 e. The van der Waals surface area contributed by atoms with E-state index in [4.69, 9.17) is 0 Å². The van der Waals surface area contributed by atoms with Gasteiger partial charge in [0.25, 0.3) is 17.4 Å². The number of aryl methyl sites for hydroxylation is 1. The maximum atomic E-state index is 12.6. The molecule has 0 unspecified atom stereocenters. The minimum absolute atomic E-state index is 0.0186. The normalized spacial score (nSPS) is 17.0. The van der Waals surface area contributed by atoms with Crippen LogP contribution in [-0.4, -0.2) is 65.4 Å². The molecule has 2 aliphatic rings. The van der Waals surface area contributed by atoms with Crippen molar-refractivity contribution in [2.24, 2.45) is 7.05 Å². The fourth-order valence-corrected chi connectivity index (χ4v) is 4.25. The second-order valence-corrected chi connectivity index (χ2v) is 8.07. The van der Waals surface area contributed by atoms with Gasteiger partial charge >= 0.3 is 0 Å². The van der Waals surface area contributed by atoms with E-state index in [1.54, 1.807) is 20.0 Å². The van der Waals surface area contributed by atoms with Gasteiger partial charge in [0.05, 0.1) is 5.56 Å². The highest BCUT2D eigenvalue weighted by Gasteiger charge is 2.38. The first kappa shape index (κ1) is 20.3. The number of benzene rings is 1. The zero-order valence-corrected chi connectivity index (χ0v) is 17.6. The van der Waals surface area contributed by atoms with Crippen molar-refractivity contribution in [3.8, 4) is 0 Å². The van der Waals surface area contributed by atoms with E-state index >= 15 is 0 Å². The minimum atomic E-state index is -0.452. The van der Waals surface area contributed by atoms with Gasteiger partial charge in [0, 0.05) is 51.2 Å². The highest BCUT2D eigenvalue weighted by atomic mass is 16.2. The Morgan fingerprint density at radius 3 is 2.23 bits per heavy atom. The number of hydrogen-bond donors (Lipinski definition) is 0. The van der Waals surface area contributed by atoms with Gasteiger partial charge in [-0.15, -0.1) is 0 Å². The molecule has 4 rings (SSSR count). The third-order valence-electron chi connectivity index (χ3n) is 6.20. The summed E-state index contributed by atoms with van der Waals surface area (Å²) < 4.78 is 1.42. The van der Waals surface area contributed by atoms with Gasteiger partial charge in [0.2, 0.25) is 0 Å². The van der Waals surface area contributed by atoms with E-state index in [-0.39, 0.29) is 22.6 Å². The Balaban J connectivity index is 1.26. The third-order valence-corrected chi connectivity index (χ3v) is 6.20. The molecule has 1 saturated heterocycles. The number of anilines is 1. The molecule has 0 spiro atoms. The quantitative estimate of drug-likeness (QED) is 0.540. The maximum Gasteiger partial charge on any atom is 0.267 e. The van der Waals surface area contributed by atoms with Gasteiger partial charge in [-0.3, -0.25) is 24.2 Å². The number of fused-ring (bicyclic) bond motifs is 1. The van der Waals surface area contributed by atoms with Crippen LogP contribution >= 0.6 is 0 Å². The van der Waals surface area contributed by atoms with Crippen LogP contribution in [0.1, 0.15) is 39.3 Å². The summed E-state index contributed by atoms with van der Waals surface area (Å²) in [5.74, 6) is -0.792. The molecule has 0 saturated carbocycles. The standard InChI is InChI=1S/C23H28N4O3/c1-17-16-19-20(22(29)24(17)2)23(30)27(21(19)28)11-7-6-10-25-12-14-26(15-13-25)18-8-4-3-5-9-18/h3-5,8-9,16H,6-7,10-15H2,1-2H3. The number of unbranched alkanes of at least 4 members (excludes halogenated alkanes) is 1. The molecule has 158 valence electrons. The van der Waals surface area contributed by atoms with Gasteiger partial charge in [0.15, 0.2) is 0 Å². The molecule has 30 heavy (non-hydrogen) atoms. The Kier molecular flexibility index (Phi) is 5.72. The van der Waals surface area contributed by atoms with Crippen LogP contribution in [0.2, 0.25) is 0 Å². The zero-order chi connectivity index (χ0) is 21.3. The predicted octanol–water partition coefficient (Wildman–Crippen LogP) is 1.89. The number of carbonyl (C=O) groups is 2. The molecule has 2 aliphatic heterocycles. The molecule has 0 radical (unpaired) electrons. The molecule has 1 fully saturated rings. The fourth-order valence-electron chi connectivity index (χ4n) is 4.25. The van der Waals surface area contributed by atoms with Gasteiger partial charge in [0.1, 0.15) is 5.56 Å². The largest absolute Gasteiger partial charge is 0.369 e. The molecule has 1 aromatic heterocycles. The number of rotatable bonds is 6. The van der Waals surface area contributed by atoms with Gasteiger partial charge in [-0.2, -0.15) is 0 Å². The molecular weight excluding hydrogens is 380 g/mol. The number of hydrogen-bond acceptors (Lipinski definition) is 5. The average molecular weight is 409 g/mol. The summed E-state index contributed by atoms with van der Waals surface area (Å²) in [4.78, 5) is 43.7. The van der Waals surface area contributed by atoms with Crippen LogP contribution < -0.4 is 10.5 Å². The monoisotopic (exact) mass is 408 g/mol. The number of pyridine rings is 1. The Morgan fingerprint density at radius 2 is 1.53 bits per heavy atom. The number of para-hydroxylation sites is 1. The summed E-state index contributed by atoms with van der Waals surface area (Å²) in [6, 6.07) is 12.1. The Hall–Kier alpha value is -2.93. The number of amides is 2. The summed E-state index contributed by atoms with van der Waals surface area (Å²) in [5.41, 5.74) is 1.82. The SMILES string of the molecule is Cc1cc2c(c(=O)n1C)C(=O)N(CCCCN1CCN(c3ccccc3)CC1)C2=O. The molecule has 1 aromatic carbocycles. The molecule has 3 heterocycles. The molecule has 0 N–H and O–H groups in total. The summed E-state index contributed by atoms with van der Waals surface area (Å²) in [5, 5.41) is 0. The second-order valence-electron chi connectivity index (χ2n) is 8.07. The van der Waals surface area contributed by atoms with Crippen molar-refractivity contribution in [3.63, 3.8) is 0 Å².